The summed E-state index contributed by atoms with van der Waals surface area (Å²) in [7, 11) is 0. The number of amides is 1. The topological polar surface area (TPSA) is 109 Å². The molecule has 1 amide bonds. The first kappa shape index (κ1) is 21.8. The van der Waals surface area contributed by atoms with E-state index in [2.05, 4.69) is 5.32 Å². The molecule has 0 spiro atoms. The van der Waals surface area contributed by atoms with Gasteiger partial charge in [0.05, 0.1) is 11.9 Å². The van der Waals surface area contributed by atoms with Crippen LogP contribution in [0.15, 0.2) is 24.3 Å². The molecule has 0 aliphatic carbocycles. The number of phenols is 1. The van der Waals surface area contributed by atoms with Crippen LogP contribution < -0.4 is 5.32 Å². The minimum absolute atomic E-state index is 0.0425. The van der Waals surface area contributed by atoms with Gasteiger partial charge in [0.1, 0.15) is 6.54 Å². The standard InChI is InChI=1S/C20H14F4N2O5/c1-8-10(5-15(27)25-7-16(28)29)17-14(6-13(23)19(30)18(17)24)26(8)20(31)9-2-3-11(21)12(22)4-9/h2-4,6,30H,5,7H2,1H3,(H,25,27)(H,28,29). The normalized spacial score (nSPS) is 11.0. The zero-order chi connectivity index (χ0) is 23.0. The average Bonchev–Trinajstić information content (AvgIpc) is 2.97. The van der Waals surface area contributed by atoms with E-state index in [1.165, 1.54) is 6.92 Å². The maximum absolute atomic E-state index is 14.7. The van der Waals surface area contributed by atoms with Gasteiger partial charge in [-0.05, 0) is 30.7 Å². The number of hydrogen-bond donors (Lipinski definition) is 3. The van der Waals surface area contributed by atoms with Crippen LogP contribution in [0.4, 0.5) is 17.6 Å². The Morgan fingerprint density at radius 1 is 1.03 bits per heavy atom. The summed E-state index contributed by atoms with van der Waals surface area (Å²) in [4.78, 5) is 35.7. The molecule has 0 bridgehead atoms. The van der Waals surface area contributed by atoms with Gasteiger partial charge in [0, 0.05) is 22.7 Å². The summed E-state index contributed by atoms with van der Waals surface area (Å²) in [6.07, 6.45) is -0.602. The van der Waals surface area contributed by atoms with Crippen molar-refractivity contribution in [1.82, 2.24) is 9.88 Å². The van der Waals surface area contributed by atoms with Crippen LogP contribution in [-0.4, -0.2) is 39.1 Å². The molecule has 0 atom stereocenters. The molecule has 3 aromatic rings. The van der Waals surface area contributed by atoms with Crippen LogP contribution in [-0.2, 0) is 16.0 Å². The lowest BCUT2D eigenvalue weighted by atomic mass is 10.1. The summed E-state index contributed by atoms with van der Waals surface area (Å²) in [5.41, 5.74) is -0.864. The first-order valence-corrected chi connectivity index (χ1v) is 8.72. The molecule has 3 N–H and O–H groups in total. The molecule has 162 valence electrons. The molecule has 0 radical (unpaired) electrons. The lowest BCUT2D eigenvalue weighted by molar-refractivity contribution is -0.137. The monoisotopic (exact) mass is 438 g/mol. The highest BCUT2D eigenvalue weighted by Gasteiger charge is 2.27. The van der Waals surface area contributed by atoms with Crippen molar-refractivity contribution in [3.8, 4) is 5.75 Å². The number of nitrogens with one attached hydrogen (secondary N) is 1. The van der Waals surface area contributed by atoms with Crippen LogP contribution in [0.25, 0.3) is 10.9 Å². The summed E-state index contributed by atoms with van der Waals surface area (Å²) in [6.45, 7) is 0.582. The number of carboxylic acids is 1. The first-order chi connectivity index (χ1) is 14.5. The van der Waals surface area contributed by atoms with Gasteiger partial charge in [0.15, 0.2) is 29.0 Å². The summed E-state index contributed by atoms with van der Waals surface area (Å²) in [5.74, 6) is -9.81. The highest BCUT2D eigenvalue weighted by atomic mass is 19.2. The molecule has 1 heterocycles. The van der Waals surface area contributed by atoms with Gasteiger partial charge in [-0.2, -0.15) is 0 Å². The molecule has 11 heteroatoms. The fourth-order valence-electron chi connectivity index (χ4n) is 3.19. The Morgan fingerprint density at radius 2 is 1.71 bits per heavy atom. The quantitative estimate of drug-likeness (QED) is 0.531. The predicted octanol–water partition coefficient (Wildman–Crippen LogP) is 2.64. The Morgan fingerprint density at radius 3 is 2.32 bits per heavy atom. The molecule has 7 nitrogen and oxygen atoms in total. The number of rotatable bonds is 5. The zero-order valence-corrected chi connectivity index (χ0v) is 15.8. The van der Waals surface area contributed by atoms with Crippen LogP contribution >= 0.6 is 0 Å². The van der Waals surface area contributed by atoms with E-state index < -0.39 is 65.2 Å². The van der Waals surface area contributed by atoms with Crippen LogP contribution in [0.1, 0.15) is 21.6 Å². The Balaban J connectivity index is 2.21. The van der Waals surface area contributed by atoms with E-state index in [0.29, 0.717) is 18.2 Å². The Bertz CT molecular complexity index is 1250. The number of carboxylic acid groups (broad SMARTS) is 1. The van der Waals surface area contributed by atoms with E-state index >= 15 is 0 Å². The molecule has 31 heavy (non-hydrogen) atoms. The van der Waals surface area contributed by atoms with Gasteiger partial charge in [0.2, 0.25) is 5.91 Å². The summed E-state index contributed by atoms with van der Waals surface area (Å²) < 4.78 is 56.3. The molecule has 0 aliphatic heterocycles. The van der Waals surface area contributed by atoms with Crippen molar-refractivity contribution in [2.75, 3.05) is 6.54 Å². The Kier molecular flexibility index (Phi) is 5.69. The fraction of sp³-hybridized carbons (Fsp3) is 0.150. The third kappa shape index (κ3) is 3.93. The molecule has 3 rings (SSSR count). The average molecular weight is 438 g/mol. The van der Waals surface area contributed by atoms with Gasteiger partial charge < -0.3 is 15.5 Å². The van der Waals surface area contributed by atoms with Gasteiger partial charge in [-0.15, -0.1) is 0 Å². The highest BCUT2D eigenvalue weighted by Crippen LogP contribution is 2.35. The van der Waals surface area contributed by atoms with E-state index in [1.807, 2.05) is 0 Å². The largest absolute Gasteiger partial charge is 0.503 e. The van der Waals surface area contributed by atoms with Crippen LogP contribution in [0, 0.1) is 30.2 Å². The number of benzene rings is 2. The number of aliphatic carboxylic acids is 1. The van der Waals surface area contributed by atoms with Gasteiger partial charge in [-0.25, -0.2) is 17.6 Å². The molecule has 0 saturated heterocycles. The second kappa shape index (κ2) is 8.09. The van der Waals surface area contributed by atoms with Crippen molar-refractivity contribution in [1.29, 1.82) is 0 Å². The Hall–Kier alpha value is -3.89. The third-order valence-electron chi connectivity index (χ3n) is 4.63. The second-order valence-electron chi connectivity index (χ2n) is 6.60. The lowest BCUT2D eigenvalue weighted by Crippen LogP contribution is -2.30. The van der Waals surface area contributed by atoms with E-state index in [9.17, 15) is 37.1 Å². The van der Waals surface area contributed by atoms with Crippen molar-refractivity contribution in [3.63, 3.8) is 0 Å². The van der Waals surface area contributed by atoms with Gasteiger partial charge in [-0.3, -0.25) is 19.0 Å². The smallest absolute Gasteiger partial charge is 0.322 e. The second-order valence-corrected chi connectivity index (χ2v) is 6.60. The zero-order valence-electron chi connectivity index (χ0n) is 15.8. The van der Waals surface area contributed by atoms with E-state index in [-0.39, 0.29) is 22.3 Å². The maximum atomic E-state index is 14.7. The van der Waals surface area contributed by atoms with E-state index in [0.717, 1.165) is 10.6 Å². The van der Waals surface area contributed by atoms with Crippen LogP contribution in [0.3, 0.4) is 0 Å². The number of phenolic OH excluding ortho intramolecular Hbond substituents is 1. The van der Waals surface area contributed by atoms with Crippen LogP contribution in [0.2, 0.25) is 0 Å². The molecule has 0 aliphatic rings. The molecule has 0 fully saturated rings. The Labute approximate surface area is 171 Å². The number of carbonyl (C=O) groups excluding carboxylic acids is 2. The molecule has 0 unspecified atom stereocenters. The summed E-state index contributed by atoms with van der Waals surface area (Å²) in [6, 6.07) is 2.95. The maximum Gasteiger partial charge on any atom is 0.322 e. The van der Waals surface area contributed by atoms with E-state index in [4.69, 9.17) is 5.11 Å². The summed E-state index contributed by atoms with van der Waals surface area (Å²) >= 11 is 0. The number of aromatic nitrogens is 1. The molecular formula is C20H14F4N2O5. The SMILES string of the molecule is Cc1c(CC(=O)NCC(=O)O)c2c(F)c(O)c(F)cc2n1C(=O)c1ccc(F)c(F)c1. The number of aromatic hydroxyl groups is 1. The summed E-state index contributed by atoms with van der Waals surface area (Å²) in [5, 5.41) is 19.9. The van der Waals surface area contributed by atoms with Crippen molar-refractivity contribution >= 4 is 28.7 Å². The number of halogens is 4. The molecule has 2 aromatic carbocycles. The first-order valence-electron chi connectivity index (χ1n) is 8.72. The number of fused-ring (bicyclic) bond motifs is 1. The lowest BCUT2D eigenvalue weighted by Gasteiger charge is -2.08. The molecule has 0 saturated carbocycles. The molecular weight excluding hydrogens is 424 g/mol. The predicted molar refractivity (Wildman–Crippen MR) is 98.7 cm³/mol. The van der Waals surface area contributed by atoms with Crippen molar-refractivity contribution in [3.05, 3.63) is 64.4 Å². The number of hydrogen-bond acceptors (Lipinski definition) is 4. The number of nitrogens with zero attached hydrogens (tertiary/aromatic N) is 1. The van der Waals surface area contributed by atoms with Gasteiger partial charge >= 0.3 is 5.97 Å². The number of carbonyl (C=O) groups is 3. The van der Waals surface area contributed by atoms with Gasteiger partial charge in [0.25, 0.3) is 5.91 Å². The highest BCUT2D eigenvalue weighted by molar-refractivity contribution is 6.05. The van der Waals surface area contributed by atoms with E-state index in [1.54, 1.807) is 0 Å². The van der Waals surface area contributed by atoms with Crippen molar-refractivity contribution < 1.29 is 42.2 Å². The van der Waals surface area contributed by atoms with Crippen LogP contribution in [0.5, 0.6) is 5.75 Å². The van der Waals surface area contributed by atoms with Crippen molar-refractivity contribution in [2.24, 2.45) is 0 Å². The molecule has 1 aromatic heterocycles. The minimum atomic E-state index is -1.43. The fourth-order valence-corrected chi connectivity index (χ4v) is 3.19. The van der Waals surface area contributed by atoms with Crippen molar-refractivity contribution in [2.45, 2.75) is 13.3 Å². The third-order valence-corrected chi connectivity index (χ3v) is 4.63. The minimum Gasteiger partial charge on any atom is -0.503 e. The van der Waals surface area contributed by atoms with Gasteiger partial charge in [-0.1, -0.05) is 0 Å².